The van der Waals surface area contributed by atoms with Gasteiger partial charge in [-0.3, -0.25) is 9.59 Å². The molecule has 0 unspecified atom stereocenters. The van der Waals surface area contributed by atoms with Crippen LogP contribution in [0, 0.1) is 11.3 Å². The van der Waals surface area contributed by atoms with Crippen LogP contribution in [0.2, 0.25) is 0 Å². The number of Topliss-reactive ketones (excluding diaryl/α,β-unsaturated/α-hetero) is 1. The molecule has 0 saturated carbocycles. The molecule has 0 radical (unpaired) electrons. The van der Waals surface area contributed by atoms with E-state index >= 15 is 0 Å². The maximum absolute atomic E-state index is 12.3. The Morgan fingerprint density at radius 2 is 1.67 bits per heavy atom. The number of benzene rings is 2. The first kappa shape index (κ1) is 17.8. The Labute approximate surface area is 155 Å². The highest BCUT2D eigenvalue weighted by atomic mass is 16.1. The molecule has 0 spiro atoms. The van der Waals surface area contributed by atoms with Crippen molar-refractivity contribution in [2.45, 2.75) is 6.92 Å². The average Bonchev–Trinajstić information content (AvgIpc) is 2.69. The number of amides is 1. The number of anilines is 3. The molecule has 0 bridgehead atoms. The fourth-order valence-electron chi connectivity index (χ4n) is 2.30. The van der Waals surface area contributed by atoms with Gasteiger partial charge in [0.25, 0.3) is 5.91 Å². The van der Waals surface area contributed by atoms with Crippen molar-refractivity contribution in [3.05, 3.63) is 77.6 Å². The molecule has 3 aromatic rings. The van der Waals surface area contributed by atoms with E-state index < -0.39 is 0 Å². The summed E-state index contributed by atoms with van der Waals surface area (Å²) < 4.78 is 0. The molecule has 0 aliphatic heterocycles. The molecule has 3 rings (SSSR count). The van der Waals surface area contributed by atoms with E-state index in [1.54, 1.807) is 48.5 Å². The summed E-state index contributed by atoms with van der Waals surface area (Å²) in [7, 11) is 0. The highest BCUT2D eigenvalue weighted by Crippen LogP contribution is 2.15. The molecule has 2 aromatic carbocycles. The fourth-order valence-corrected chi connectivity index (χ4v) is 2.30. The summed E-state index contributed by atoms with van der Waals surface area (Å²) in [5, 5.41) is 14.6. The van der Waals surface area contributed by atoms with E-state index in [1.165, 1.54) is 19.3 Å². The lowest BCUT2D eigenvalue weighted by atomic mass is 10.1. The number of nitriles is 1. The number of rotatable bonds is 5. The second kappa shape index (κ2) is 7.89. The van der Waals surface area contributed by atoms with Gasteiger partial charge in [-0.1, -0.05) is 6.07 Å². The van der Waals surface area contributed by atoms with E-state index in [0.29, 0.717) is 34.0 Å². The molecule has 1 heterocycles. The quantitative estimate of drug-likeness (QED) is 0.676. The molecule has 132 valence electrons. The minimum atomic E-state index is -0.358. The molecular formula is C20H15N5O2. The van der Waals surface area contributed by atoms with Crippen molar-refractivity contribution in [3.8, 4) is 6.07 Å². The number of aromatic nitrogens is 2. The maximum Gasteiger partial charge on any atom is 0.258 e. The Morgan fingerprint density at radius 3 is 2.30 bits per heavy atom. The van der Waals surface area contributed by atoms with Crippen LogP contribution in [0.15, 0.2) is 60.9 Å². The zero-order valence-corrected chi connectivity index (χ0v) is 14.4. The zero-order valence-electron chi connectivity index (χ0n) is 14.4. The number of carbonyl (C=O) groups excluding carboxylic acids is 2. The number of nitrogens with zero attached hydrogens (tertiary/aromatic N) is 3. The lowest BCUT2D eigenvalue weighted by Gasteiger charge is -2.07. The van der Waals surface area contributed by atoms with Crippen LogP contribution in [-0.2, 0) is 0 Å². The second-order valence-corrected chi connectivity index (χ2v) is 5.70. The summed E-state index contributed by atoms with van der Waals surface area (Å²) in [5.41, 5.74) is 2.64. The van der Waals surface area contributed by atoms with Crippen molar-refractivity contribution in [2.75, 3.05) is 10.6 Å². The Balaban J connectivity index is 1.66. The van der Waals surface area contributed by atoms with Gasteiger partial charge in [0, 0.05) is 29.3 Å². The molecule has 1 aromatic heterocycles. The van der Waals surface area contributed by atoms with E-state index in [2.05, 4.69) is 26.7 Å². The van der Waals surface area contributed by atoms with Crippen molar-refractivity contribution >= 4 is 29.0 Å². The molecule has 1 amide bonds. The van der Waals surface area contributed by atoms with E-state index in [4.69, 9.17) is 5.26 Å². The Bertz CT molecular complexity index is 1020. The van der Waals surface area contributed by atoms with Crippen LogP contribution in [-0.4, -0.2) is 21.7 Å². The van der Waals surface area contributed by atoms with E-state index in [0.717, 1.165) is 0 Å². The minimum Gasteiger partial charge on any atom is -0.324 e. The van der Waals surface area contributed by atoms with Crippen molar-refractivity contribution in [1.29, 1.82) is 5.26 Å². The molecule has 7 heteroatoms. The van der Waals surface area contributed by atoms with E-state index in [1.807, 2.05) is 0 Å². The number of hydrogen-bond donors (Lipinski definition) is 2. The first-order valence-electron chi connectivity index (χ1n) is 8.07. The molecular weight excluding hydrogens is 342 g/mol. The first-order chi connectivity index (χ1) is 13.0. The number of ketones is 1. The Kier molecular flexibility index (Phi) is 5.19. The summed E-state index contributed by atoms with van der Waals surface area (Å²) in [6.45, 7) is 1.48. The smallest absolute Gasteiger partial charge is 0.258 e. The molecule has 0 fully saturated rings. The van der Waals surface area contributed by atoms with Crippen molar-refractivity contribution in [2.24, 2.45) is 0 Å². The van der Waals surface area contributed by atoms with E-state index in [-0.39, 0.29) is 11.7 Å². The summed E-state index contributed by atoms with van der Waals surface area (Å²) >= 11 is 0. The zero-order chi connectivity index (χ0) is 19.2. The van der Waals surface area contributed by atoms with Crippen LogP contribution in [0.25, 0.3) is 0 Å². The first-order valence-corrected chi connectivity index (χ1v) is 8.07. The molecule has 0 aliphatic carbocycles. The lowest BCUT2D eigenvalue weighted by Crippen LogP contribution is -2.13. The van der Waals surface area contributed by atoms with Crippen molar-refractivity contribution in [3.63, 3.8) is 0 Å². The highest BCUT2D eigenvalue weighted by Gasteiger charge is 2.09. The largest absolute Gasteiger partial charge is 0.324 e. The van der Waals surface area contributed by atoms with Crippen LogP contribution >= 0.6 is 0 Å². The number of carbonyl (C=O) groups is 2. The molecule has 0 atom stereocenters. The van der Waals surface area contributed by atoms with Crippen molar-refractivity contribution in [1.82, 2.24) is 9.97 Å². The number of nitrogens with one attached hydrogen (secondary N) is 2. The molecule has 7 nitrogen and oxygen atoms in total. The SMILES string of the molecule is CC(=O)c1ccc(NC(=O)c2cnc(Nc3cccc(C#N)c3)nc2)cc1. The van der Waals surface area contributed by atoms with Gasteiger partial charge in [0.1, 0.15) is 0 Å². The van der Waals surface area contributed by atoms with Gasteiger partial charge >= 0.3 is 0 Å². The Morgan fingerprint density at radius 1 is 0.963 bits per heavy atom. The maximum atomic E-state index is 12.3. The van der Waals surface area contributed by atoms with Crippen LogP contribution in [0.3, 0.4) is 0 Å². The average molecular weight is 357 g/mol. The summed E-state index contributed by atoms with van der Waals surface area (Å²) in [6.07, 6.45) is 2.81. The van der Waals surface area contributed by atoms with Crippen LogP contribution in [0.1, 0.15) is 33.2 Å². The van der Waals surface area contributed by atoms with Gasteiger partial charge in [-0.25, -0.2) is 9.97 Å². The summed E-state index contributed by atoms with van der Waals surface area (Å²) in [4.78, 5) is 31.8. The van der Waals surface area contributed by atoms with Gasteiger partial charge in [-0.05, 0) is 49.4 Å². The fraction of sp³-hybridized carbons (Fsp3) is 0.0500. The standard InChI is InChI=1S/C20H15N5O2/c1-13(26)15-5-7-17(8-6-15)24-19(27)16-11-22-20(23-12-16)25-18-4-2-3-14(9-18)10-21/h2-9,11-12H,1H3,(H,24,27)(H,22,23,25). The van der Waals surface area contributed by atoms with Gasteiger partial charge in [0.15, 0.2) is 5.78 Å². The van der Waals surface area contributed by atoms with Crippen LogP contribution in [0.4, 0.5) is 17.3 Å². The van der Waals surface area contributed by atoms with E-state index in [9.17, 15) is 9.59 Å². The van der Waals surface area contributed by atoms with Crippen LogP contribution in [0.5, 0.6) is 0 Å². The van der Waals surface area contributed by atoms with Gasteiger partial charge in [-0.15, -0.1) is 0 Å². The Hall–Kier alpha value is -4.05. The monoisotopic (exact) mass is 357 g/mol. The normalized spacial score (nSPS) is 9.93. The van der Waals surface area contributed by atoms with Gasteiger partial charge < -0.3 is 10.6 Å². The molecule has 2 N–H and O–H groups in total. The predicted octanol–water partition coefficient (Wildman–Crippen LogP) is 3.55. The topological polar surface area (TPSA) is 108 Å². The third-order valence-corrected chi connectivity index (χ3v) is 3.71. The second-order valence-electron chi connectivity index (χ2n) is 5.70. The van der Waals surface area contributed by atoms with Crippen molar-refractivity contribution < 1.29 is 9.59 Å². The molecule has 0 aliphatic rings. The van der Waals surface area contributed by atoms with Crippen LogP contribution < -0.4 is 10.6 Å². The van der Waals surface area contributed by atoms with Gasteiger partial charge in [0.05, 0.1) is 17.2 Å². The summed E-state index contributed by atoms with van der Waals surface area (Å²) in [6, 6.07) is 15.6. The lowest BCUT2D eigenvalue weighted by molar-refractivity contribution is 0.101. The summed E-state index contributed by atoms with van der Waals surface area (Å²) in [5.74, 6) is -0.0827. The third kappa shape index (κ3) is 4.52. The minimum absolute atomic E-state index is 0.0373. The predicted molar refractivity (Wildman–Crippen MR) is 101 cm³/mol. The van der Waals surface area contributed by atoms with Gasteiger partial charge in [-0.2, -0.15) is 5.26 Å². The molecule has 27 heavy (non-hydrogen) atoms. The third-order valence-electron chi connectivity index (χ3n) is 3.71. The highest BCUT2D eigenvalue weighted by molar-refractivity contribution is 6.04. The molecule has 0 saturated heterocycles. The number of hydrogen-bond acceptors (Lipinski definition) is 6. The van der Waals surface area contributed by atoms with Gasteiger partial charge in [0.2, 0.25) is 5.95 Å².